The van der Waals surface area contributed by atoms with E-state index < -0.39 is 0 Å². The van der Waals surface area contributed by atoms with E-state index in [1.165, 1.54) is 5.69 Å². The fourth-order valence-corrected chi connectivity index (χ4v) is 7.35. The first-order valence-corrected chi connectivity index (χ1v) is 15.5. The highest BCUT2D eigenvalue weighted by atomic mass is 79.9. The molecule has 3 N–H and O–H groups in total. The molecule has 0 unspecified atom stereocenters. The molecule has 1 saturated carbocycles. The van der Waals surface area contributed by atoms with Crippen LogP contribution in [0.2, 0.25) is 0 Å². The van der Waals surface area contributed by atoms with Crippen LogP contribution in [-0.4, -0.2) is 84.8 Å². The Morgan fingerprint density at radius 3 is 2.30 bits per heavy atom. The van der Waals surface area contributed by atoms with E-state index in [9.17, 15) is 14.4 Å². The van der Waals surface area contributed by atoms with Crippen LogP contribution >= 0.6 is 31.9 Å². The van der Waals surface area contributed by atoms with Gasteiger partial charge in [0.15, 0.2) is 5.78 Å². The molecule has 3 heterocycles. The van der Waals surface area contributed by atoms with Crippen molar-refractivity contribution < 1.29 is 14.4 Å². The summed E-state index contributed by atoms with van der Waals surface area (Å²) in [7, 11) is 2.15. The Morgan fingerprint density at radius 1 is 0.950 bits per heavy atom. The van der Waals surface area contributed by atoms with Crippen molar-refractivity contribution in [3.05, 3.63) is 50.4 Å². The highest BCUT2D eigenvalue weighted by molar-refractivity contribution is 9.11. The Morgan fingerprint density at radius 2 is 1.62 bits per heavy atom. The molecule has 0 radical (unpaired) electrons. The number of piperidine rings is 1. The molecule has 212 valence electrons. The number of hydrogen-bond acceptors (Lipinski definition) is 6. The summed E-state index contributed by atoms with van der Waals surface area (Å²) >= 11 is 6.80. The van der Waals surface area contributed by atoms with E-state index in [1.54, 1.807) is 12.1 Å². The zero-order valence-corrected chi connectivity index (χ0v) is 25.7. The predicted molar refractivity (Wildman–Crippen MR) is 162 cm³/mol. The van der Waals surface area contributed by atoms with Gasteiger partial charge in [-0.15, -0.1) is 0 Å². The molecule has 0 aromatic heterocycles. The molecule has 2 aromatic rings. The van der Waals surface area contributed by atoms with E-state index in [1.807, 2.05) is 15.9 Å². The number of rotatable bonds is 5. The first kappa shape index (κ1) is 27.5. The number of fused-ring (bicyclic) bond motifs is 1. The van der Waals surface area contributed by atoms with Gasteiger partial charge in [-0.05, 0) is 94.1 Å². The number of anilines is 3. The number of hydrogen-bond donors (Lipinski definition) is 2. The van der Waals surface area contributed by atoms with Crippen molar-refractivity contribution in [3.63, 3.8) is 0 Å². The van der Waals surface area contributed by atoms with Gasteiger partial charge < -0.3 is 30.7 Å². The number of nitrogen functional groups attached to an aromatic ring is 1. The number of amides is 3. The quantitative estimate of drug-likeness (QED) is 0.361. The number of urea groups is 1. The number of likely N-dealkylation sites (N-methyl/N-ethyl adjacent to an activating group) is 1. The van der Waals surface area contributed by atoms with Crippen LogP contribution in [0, 0.1) is 11.8 Å². The van der Waals surface area contributed by atoms with Crippen molar-refractivity contribution in [2.75, 3.05) is 62.3 Å². The van der Waals surface area contributed by atoms with Gasteiger partial charge in [0, 0.05) is 89.6 Å². The molecular formula is C29H34Br2N6O3. The Labute approximate surface area is 251 Å². The van der Waals surface area contributed by atoms with Gasteiger partial charge in [-0.2, -0.15) is 0 Å². The smallest absolute Gasteiger partial charge is 0.322 e. The Kier molecular flexibility index (Phi) is 7.56. The molecule has 4 aliphatic rings. The van der Waals surface area contributed by atoms with Crippen LogP contribution in [-0.2, 0) is 11.3 Å². The number of carbonyl (C=O) groups excluding carboxylic acids is 3. The van der Waals surface area contributed by atoms with Gasteiger partial charge >= 0.3 is 6.03 Å². The van der Waals surface area contributed by atoms with Crippen molar-refractivity contribution in [2.24, 2.45) is 11.8 Å². The third-order valence-electron chi connectivity index (χ3n) is 8.83. The van der Waals surface area contributed by atoms with Crippen LogP contribution in [0.25, 0.3) is 0 Å². The molecule has 0 bridgehead atoms. The number of nitrogens with zero attached hydrogens (tertiary/aromatic N) is 4. The van der Waals surface area contributed by atoms with Crippen molar-refractivity contribution >= 4 is 66.6 Å². The van der Waals surface area contributed by atoms with Gasteiger partial charge in [-0.1, -0.05) is 0 Å². The maximum absolute atomic E-state index is 13.2. The fraction of sp³-hybridized carbons (Fsp3) is 0.483. The van der Waals surface area contributed by atoms with Crippen LogP contribution in [0.4, 0.5) is 21.9 Å². The zero-order valence-electron chi connectivity index (χ0n) is 22.5. The third kappa shape index (κ3) is 5.35. The molecule has 2 atom stereocenters. The average molecular weight is 674 g/mol. The largest absolute Gasteiger partial charge is 0.397 e. The summed E-state index contributed by atoms with van der Waals surface area (Å²) in [5.41, 5.74) is 10.3. The number of piperazine rings is 1. The Hall–Kier alpha value is -2.63. The number of Topliss-reactive ketones (excluding diaryl/α,β-unsaturated/α-hetero) is 1. The Balaban J connectivity index is 1.05. The molecule has 6 rings (SSSR count). The highest BCUT2D eigenvalue weighted by Crippen LogP contribution is 2.44. The highest BCUT2D eigenvalue weighted by Gasteiger charge is 2.50. The third-order valence-corrected chi connectivity index (χ3v) is 10.1. The van der Waals surface area contributed by atoms with Crippen molar-refractivity contribution in [3.8, 4) is 0 Å². The van der Waals surface area contributed by atoms with Gasteiger partial charge in [0.25, 0.3) is 0 Å². The normalized spacial score (nSPS) is 23.6. The maximum Gasteiger partial charge on any atom is 0.322 e. The van der Waals surface area contributed by atoms with Gasteiger partial charge in [0.1, 0.15) is 0 Å². The summed E-state index contributed by atoms with van der Waals surface area (Å²) in [6, 6.07) is 9.80. The number of carbonyl (C=O) groups is 3. The summed E-state index contributed by atoms with van der Waals surface area (Å²) in [6.07, 6.45) is 2.05. The molecule has 1 aliphatic carbocycles. The van der Waals surface area contributed by atoms with E-state index in [-0.39, 0.29) is 35.6 Å². The molecule has 2 aromatic carbocycles. The van der Waals surface area contributed by atoms with E-state index in [4.69, 9.17) is 5.73 Å². The van der Waals surface area contributed by atoms with Crippen molar-refractivity contribution in [1.29, 1.82) is 0 Å². The van der Waals surface area contributed by atoms with Gasteiger partial charge in [0.2, 0.25) is 5.91 Å². The second-order valence-corrected chi connectivity index (χ2v) is 13.1. The number of halogens is 2. The lowest BCUT2D eigenvalue weighted by atomic mass is 9.99. The summed E-state index contributed by atoms with van der Waals surface area (Å²) in [4.78, 5) is 47.9. The molecule has 0 spiro atoms. The van der Waals surface area contributed by atoms with Crippen LogP contribution < -0.4 is 16.0 Å². The van der Waals surface area contributed by atoms with E-state index in [2.05, 4.69) is 66.2 Å². The van der Waals surface area contributed by atoms with Gasteiger partial charge in [0.05, 0.1) is 5.69 Å². The topological polar surface area (TPSA) is 102 Å². The molecule has 3 fully saturated rings. The minimum atomic E-state index is -0.286. The van der Waals surface area contributed by atoms with Crippen LogP contribution in [0.3, 0.4) is 0 Å². The van der Waals surface area contributed by atoms with Crippen molar-refractivity contribution in [2.45, 2.75) is 31.8 Å². The molecule has 9 nitrogen and oxygen atoms in total. The number of nitrogens with two attached hydrogens (primary N) is 1. The molecular weight excluding hydrogens is 640 g/mol. The molecule has 40 heavy (non-hydrogen) atoms. The number of benzene rings is 2. The minimum absolute atomic E-state index is 0.0192. The lowest BCUT2D eigenvalue weighted by molar-refractivity contribution is -0.134. The number of likely N-dealkylation sites (tertiary alicyclic amines) is 1. The first-order chi connectivity index (χ1) is 19.2. The lowest BCUT2D eigenvalue weighted by Crippen LogP contribution is -2.51. The standard InChI is InChI=1S/C29H34Br2N6O3/c1-34-8-10-35(11-9-34)20-2-3-25-18(12-20)16-37(29(40)33-25)19-4-6-36(7-5-19)28(39)22-15-21(22)27(38)17-13-23(30)26(32)24(31)14-17/h2-3,12-14,19,21-22H,4-11,15-16,32H2,1H3,(H,33,40)/t21-,22-/m1/s1. The fourth-order valence-electron chi connectivity index (χ4n) is 6.16. The molecule has 2 saturated heterocycles. The van der Waals surface area contributed by atoms with Crippen LogP contribution in [0.5, 0.6) is 0 Å². The molecule has 11 heteroatoms. The number of nitrogens with one attached hydrogen (secondary N) is 1. The summed E-state index contributed by atoms with van der Waals surface area (Å²) < 4.78 is 1.33. The van der Waals surface area contributed by atoms with Gasteiger partial charge in [-0.25, -0.2) is 4.79 Å². The monoisotopic (exact) mass is 672 g/mol. The summed E-state index contributed by atoms with van der Waals surface area (Å²) in [5, 5.41) is 3.08. The Bertz CT molecular complexity index is 1330. The minimum Gasteiger partial charge on any atom is -0.397 e. The predicted octanol–water partition coefficient (Wildman–Crippen LogP) is 4.40. The molecule has 3 amide bonds. The van der Waals surface area contributed by atoms with E-state index in [0.29, 0.717) is 46.3 Å². The van der Waals surface area contributed by atoms with Crippen LogP contribution in [0.1, 0.15) is 35.2 Å². The van der Waals surface area contributed by atoms with Crippen molar-refractivity contribution in [1.82, 2.24) is 14.7 Å². The SMILES string of the molecule is CN1CCN(c2ccc3c(c2)CN(C2CCN(C(=O)[C@@H]4C[C@H]4C(=O)c4cc(Br)c(N)c(Br)c4)CC2)C(=O)N3)CC1. The molecule has 3 aliphatic heterocycles. The van der Waals surface area contributed by atoms with Gasteiger partial charge in [-0.3, -0.25) is 9.59 Å². The first-order valence-electron chi connectivity index (χ1n) is 13.9. The summed E-state index contributed by atoms with van der Waals surface area (Å²) in [5.74, 6) is -0.520. The maximum atomic E-state index is 13.2. The van der Waals surface area contributed by atoms with E-state index >= 15 is 0 Å². The van der Waals surface area contributed by atoms with E-state index in [0.717, 1.165) is 50.3 Å². The summed E-state index contributed by atoms with van der Waals surface area (Å²) in [6.45, 7) is 5.86. The zero-order chi connectivity index (χ0) is 28.1. The average Bonchev–Trinajstić information content (AvgIpc) is 3.76. The second kappa shape index (κ2) is 11.0. The number of ketones is 1. The lowest BCUT2D eigenvalue weighted by Gasteiger charge is -2.41. The second-order valence-electron chi connectivity index (χ2n) is 11.4. The van der Waals surface area contributed by atoms with Crippen LogP contribution in [0.15, 0.2) is 39.3 Å².